The van der Waals surface area contributed by atoms with Crippen molar-refractivity contribution in [1.29, 1.82) is 0 Å². The monoisotopic (exact) mass is 450 g/mol. The van der Waals surface area contributed by atoms with Crippen LogP contribution < -0.4 is 16.4 Å². The Labute approximate surface area is 183 Å². The molecule has 0 fully saturated rings. The third kappa shape index (κ3) is 7.93. The maximum atomic E-state index is 12.7. The number of amides is 2. The largest absolute Gasteiger partial charge is 0.471 e. The molecule has 0 radical (unpaired) electrons. The first-order valence-corrected chi connectivity index (χ1v) is 9.73. The summed E-state index contributed by atoms with van der Waals surface area (Å²) in [6, 6.07) is 7.58. The van der Waals surface area contributed by atoms with Crippen molar-refractivity contribution in [3.8, 4) is 11.1 Å². The SMILES string of the molecule is CC(C)(C)OC(=O)NCCC=Cc1cc(-c2ccc(N)cc2NC(=O)C(F)(F)F)ccn1. The summed E-state index contributed by atoms with van der Waals surface area (Å²) in [5.41, 5.74) is 6.70. The molecule has 1 heterocycles. The average molecular weight is 450 g/mol. The molecule has 32 heavy (non-hydrogen) atoms. The minimum absolute atomic E-state index is 0.0602. The number of alkyl halides is 3. The highest BCUT2D eigenvalue weighted by Gasteiger charge is 2.39. The summed E-state index contributed by atoms with van der Waals surface area (Å²) < 4.78 is 43.1. The zero-order valence-electron chi connectivity index (χ0n) is 17.9. The number of benzene rings is 1. The van der Waals surface area contributed by atoms with Crippen LogP contribution in [0.25, 0.3) is 17.2 Å². The maximum absolute atomic E-state index is 12.7. The Morgan fingerprint density at radius 2 is 1.88 bits per heavy atom. The van der Waals surface area contributed by atoms with Crippen molar-refractivity contribution in [3.05, 3.63) is 48.3 Å². The van der Waals surface area contributed by atoms with E-state index in [1.807, 2.05) is 5.32 Å². The predicted molar refractivity (Wildman–Crippen MR) is 117 cm³/mol. The number of nitrogens with zero attached hydrogens (tertiary/aromatic N) is 1. The maximum Gasteiger partial charge on any atom is 0.471 e. The zero-order valence-corrected chi connectivity index (χ0v) is 17.9. The normalized spacial score (nSPS) is 11.9. The Morgan fingerprint density at radius 1 is 1.16 bits per heavy atom. The lowest BCUT2D eigenvalue weighted by Crippen LogP contribution is -2.32. The number of pyridine rings is 1. The van der Waals surface area contributed by atoms with E-state index in [-0.39, 0.29) is 11.4 Å². The van der Waals surface area contributed by atoms with Gasteiger partial charge in [-0.25, -0.2) is 4.79 Å². The molecule has 2 amide bonds. The number of carbonyl (C=O) groups excluding carboxylic acids is 2. The fraction of sp³-hybridized carbons (Fsp3) is 0.318. The second-order valence-corrected chi connectivity index (χ2v) is 7.85. The molecule has 2 aromatic rings. The van der Waals surface area contributed by atoms with Gasteiger partial charge >= 0.3 is 18.2 Å². The van der Waals surface area contributed by atoms with E-state index in [0.29, 0.717) is 29.8 Å². The van der Waals surface area contributed by atoms with E-state index < -0.39 is 23.8 Å². The van der Waals surface area contributed by atoms with Gasteiger partial charge in [-0.2, -0.15) is 13.2 Å². The van der Waals surface area contributed by atoms with Gasteiger partial charge in [0.05, 0.1) is 11.4 Å². The van der Waals surface area contributed by atoms with Crippen LogP contribution in [-0.2, 0) is 9.53 Å². The van der Waals surface area contributed by atoms with Gasteiger partial charge in [-0.05, 0) is 63.1 Å². The van der Waals surface area contributed by atoms with Crippen LogP contribution >= 0.6 is 0 Å². The van der Waals surface area contributed by atoms with E-state index in [1.54, 1.807) is 45.1 Å². The molecule has 4 N–H and O–H groups in total. The number of aromatic nitrogens is 1. The Morgan fingerprint density at radius 3 is 2.53 bits per heavy atom. The molecule has 2 rings (SSSR count). The summed E-state index contributed by atoms with van der Waals surface area (Å²) in [6.07, 6.45) is -0.0199. The molecule has 0 atom stereocenters. The lowest BCUT2D eigenvalue weighted by molar-refractivity contribution is -0.167. The molecule has 0 bridgehead atoms. The van der Waals surface area contributed by atoms with E-state index >= 15 is 0 Å². The quantitative estimate of drug-likeness (QED) is 0.435. The van der Waals surface area contributed by atoms with Crippen LogP contribution in [0.15, 0.2) is 42.6 Å². The first-order valence-electron chi connectivity index (χ1n) is 9.73. The first kappa shape index (κ1) is 24.7. The molecule has 0 aliphatic rings. The number of nitrogens with two attached hydrogens (primary N) is 1. The van der Waals surface area contributed by atoms with Gasteiger partial charge in [0.15, 0.2) is 0 Å². The Balaban J connectivity index is 2.09. The van der Waals surface area contributed by atoms with Gasteiger partial charge in [0.2, 0.25) is 0 Å². The molecule has 0 aliphatic heterocycles. The molecule has 1 aromatic carbocycles. The van der Waals surface area contributed by atoms with Crippen LogP contribution in [0.1, 0.15) is 32.9 Å². The highest BCUT2D eigenvalue weighted by atomic mass is 19.4. The summed E-state index contributed by atoms with van der Waals surface area (Å²) in [5.74, 6) is -2.09. The topological polar surface area (TPSA) is 106 Å². The smallest absolute Gasteiger partial charge is 0.444 e. The Hall–Kier alpha value is -3.56. The number of carbonyl (C=O) groups is 2. The molecular formula is C22H25F3N4O3. The van der Waals surface area contributed by atoms with E-state index in [9.17, 15) is 22.8 Å². The van der Waals surface area contributed by atoms with Crippen molar-refractivity contribution >= 4 is 29.5 Å². The van der Waals surface area contributed by atoms with Crippen molar-refractivity contribution in [1.82, 2.24) is 10.3 Å². The van der Waals surface area contributed by atoms with Crippen molar-refractivity contribution in [3.63, 3.8) is 0 Å². The number of ether oxygens (including phenoxy) is 1. The third-order valence-corrected chi connectivity index (χ3v) is 3.91. The van der Waals surface area contributed by atoms with Crippen LogP contribution in [0.3, 0.4) is 0 Å². The minimum Gasteiger partial charge on any atom is -0.444 e. The molecule has 0 aliphatic carbocycles. The molecule has 7 nitrogen and oxygen atoms in total. The average Bonchev–Trinajstić information content (AvgIpc) is 2.66. The Kier molecular flexibility index (Phi) is 7.85. The van der Waals surface area contributed by atoms with Gasteiger partial charge in [0.1, 0.15) is 5.60 Å². The number of halogens is 3. The van der Waals surface area contributed by atoms with Crippen molar-refractivity contribution in [2.75, 3.05) is 17.6 Å². The lowest BCUT2D eigenvalue weighted by atomic mass is 10.0. The number of anilines is 2. The molecule has 10 heteroatoms. The number of hydrogen-bond donors (Lipinski definition) is 3. The summed E-state index contributed by atoms with van der Waals surface area (Å²) in [4.78, 5) is 27.2. The fourth-order valence-electron chi connectivity index (χ4n) is 2.59. The summed E-state index contributed by atoms with van der Waals surface area (Å²) in [7, 11) is 0. The van der Waals surface area contributed by atoms with E-state index in [4.69, 9.17) is 10.5 Å². The van der Waals surface area contributed by atoms with Gasteiger partial charge in [-0.3, -0.25) is 9.78 Å². The van der Waals surface area contributed by atoms with E-state index in [2.05, 4.69) is 10.3 Å². The second-order valence-electron chi connectivity index (χ2n) is 7.85. The number of alkyl carbamates (subject to hydrolysis) is 1. The van der Waals surface area contributed by atoms with Crippen molar-refractivity contribution < 1.29 is 27.5 Å². The van der Waals surface area contributed by atoms with E-state index in [0.717, 1.165) is 0 Å². The summed E-state index contributed by atoms with van der Waals surface area (Å²) in [6.45, 7) is 5.67. The predicted octanol–water partition coefficient (Wildman–Crippen LogP) is 4.76. The summed E-state index contributed by atoms with van der Waals surface area (Å²) in [5, 5.41) is 4.49. The molecule has 0 saturated carbocycles. The molecule has 0 unspecified atom stereocenters. The van der Waals surface area contributed by atoms with Crippen LogP contribution in [0.4, 0.5) is 29.3 Å². The lowest BCUT2D eigenvalue weighted by Gasteiger charge is -2.19. The van der Waals surface area contributed by atoms with Crippen LogP contribution in [-0.4, -0.2) is 35.3 Å². The standard InChI is InChI=1S/C22H25F3N4O3/c1-21(2,3)32-20(31)28-10-5-4-6-16-12-14(9-11-27-16)17-8-7-15(26)13-18(17)29-19(30)22(23,24)25/h4,6-9,11-13H,5,10,26H2,1-3H3,(H,28,31)(H,29,30). The van der Waals surface area contributed by atoms with E-state index in [1.165, 1.54) is 24.4 Å². The third-order valence-electron chi connectivity index (χ3n) is 3.91. The second kappa shape index (κ2) is 10.2. The van der Waals surface area contributed by atoms with Crippen LogP contribution in [0, 0.1) is 0 Å². The number of nitrogen functional groups attached to an aromatic ring is 1. The molecule has 1 aromatic heterocycles. The van der Waals surface area contributed by atoms with Crippen molar-refractivity contribution in [2.24, 2.45) is 0 Å². The first-order chi connectivity index (χ1) is 14.8. The highest BCUT2D eigenvalue weighted by Crippen LogP contribution is 2.31. The molecule has 0 saturated heterocycles. The van der Waals surface area contributed by atoms with Gasteiger partial charge in [-0.1, -0.05) is 12.1 Å². The van der Waals surface area contributed by atoms with Crippen LogP contribution in [0.5, 0.6) is 0 Å². The van der Waals surface area contributed by atoms with Gasteiger partial charge in [0, 0.05) is 24.0 Å². The minimum atomic E-state index is -5.03. The van der Waals surface area contributed by atoms with Gasteiger partial charge in [-0.15, -0.1) is 0 Å². The number of hydrogen-bond acceptors (Lipinski definition) is 5. The fourth-order valence-corrected chi connectivity index (χ4v) is 2.59. The Bertz CT molecular complexity index is 999. The highest BCUT2D eigenvalue weighted by molar-refractivity contribution is 5.99. The van der Waals surface area contributed by atoms with Gasteiger partial charge < -0.3 is 21.1 Å². The molecule has 172 valence electrons. The zero-order chi connectivity index (χ0) is 23.9. The number of rotatable bonds is 6. The summed E-state index contributed by atoms with van der Waals surface area (Å²) >= 11 is 0. The molecule has 0 spiro atoms. The van der Waals surface area contributed by atoms with Gasteiger partial charge in [0.25, 0.3) is 0 Å². The number of nitrogens with one attached hydrogen (secondary N) is 2. The molecular weight excluding hydrogens is 425 g/mol. The van der Waals surface area contributed by atoms with Crippen LogP contribution in [0.2, 0.25) is 0 Å². The van der Waals surface area contributed by atoms with Crippen molar-refractivity contribution in [2.45, 2.75) is 39.0 Å².